The molecule has 0 saturated carbocycles. The molecule has 2 aromatic carbocycles. The number of carbonyl (C=O) groups excluding carboxylic acids is 1. The number of aryl methyl sites for hydroxylation is 2. The van der Waals surface area contributed by atoms with E-state index in [4.69, 9.17) is 11.6 Å². The first kappa shape index (κ1) is 15.4. The normalized spacial score (nSPS) is 10.3. The van der Waals surface area contributed by atoms with Gasteiger partial charge in [0, 0.05) is 29.9 Å². The van der Waals surface area contributed by atoms with Crippen LogP contribution in [0.15, 0.2) is 36.4 Å². The zero-order valence-electron chi connectivity index (χ0n) is 12.5. The largest absolute Gasteiger partial charge is 0.381 e. The van der Waals surface area contributed by atoms with Gasteiger partial charge in [0.25, 0.3) is 0 Å². The van der Waals surface area contributed by atoms with Crippen LogP contribution < -0.4 is 10.6 Å². The Balaban J connectivity index is 2.09. The molecule has 0 aromatic heterocycles. The van der Waals surface area contributed by atoms with Gasteiger partial charge >= 0.3 is 0 Å². The molecular formula is C17H19ClN2O. The topological polar surface area (TPSA) is 41.1 Å². The van der Waals surface area contributed by atoms with Crippen LogP contribution in [0.4, 0.5) is 11.4 Å². The second-order valence-electron chi connectivity index (χ2n) is 5.15. The zero-order chi connectivity index (χ0) is 15.4. The predicted octanol–water partition coefficient (Wildman–Crippen LogP) is 4.53. The summed E-state index contributed by atoms with van der Waals surface area (Å²) in [5.41, 5.74) is 5.01. The van der Waals surface area contributed by atoms with Crippen molar-refractivity contribution in [1.29, 1.82) is 0 Å². The van der Waals surface area contributed by atoms with Gasteiger partial charge in [0.05, 0.1) is 0 Å². The van der Waals surface area contributed by atoms with E-state index in [1.54, 1.807) is 0 Å². The molecule has 0 atom stereocenters. The molecule has 2 rings (SSSR count). The Bertz CT molecular complexity index is 668. The van der Waals surface area contributed by atoms with Crippen LogP contribution in [0.2, 0.25) is 5.02 Å². The molecule has 0 heterocycles. The van der Waals surface area contributed by atoms with E-state index in [1.807, 2.05) is 44.2 Å². The lowest BCUT2D eigenvalue weighted by atomic mass is 10.1. The van der Waals surface area contributed by atoms with Gasteiger partial charge in [-0.2, -0.15) is 0 Å². The molecule has 0 aliphatic rings. The number of amides is 1. The van der Waals surface area contributed by atoms with Gasteiger partial charge in [0.1, 0.15) is 0 Å². The average molecular weight is 303 g/mol. The van der Waals surface area contributed by atoms with E-state index >= 15 is 0 Å². The number of halogens is 1. The minimum Gasteiger partial charge on any atom is -0.381 e. The first-order chi connectivity index (χ1) is 9.95. The summed E-state index contributed by atoms with van der Waals surface area (Å²) in [4.78, 5) is 11.2. The fourth-order valence-electron chi connectivity index (χ4n) is 2.01. The van der Waals surface area contributed by atoms with E-state index in [0.717, 1.165) is 33.1 Å². The summed E-state index contributed by atoms with van der Waals surface area (Å²) in [6, 6.07) is 11.9. The highest BCUT2D eigenvalue weighted by Crippen LogP contribution is 2.22. The Morgan fingerprint density at radius 1 is 1.10 bits per heavy atom. The lowest BCUT2D eigenvalue weighted by Crippen LogP contribution is -2.08. The summed E-state index contributed by atoms with van der Waals surface area (Å²) in [5.74, 6) is -0.0689. The first-order valence-electron chi connectivity index (χ1n) is 6.83. The number of hydrogen-bond donors (Lipinski definition) is 2. The highest BCUT2D eigenvalue weighted by Gasteiger charge is 2.03. The summed E-state index contributed by atoms with van der Waals surface area (Å²) in [6.07, 6.45) is 0. The predicted molar refractivity (Wildman–Crippen MR) is 89.0 cm³/mol. The number of nitrogens with one attached hydrogen (secondary N) is 2. The number of carbonyl (C=O) groups is 1. The van der Waals surface area contributed by atoms with Crippen LogP contribution in [-0.4, -0.2) is 5.91 Å². The molecule has 1 amide bonds. The molecule has 110 valence electrons. The van der Waals surface area contributed by atoms with Crippen molar-refractivity contribution >= 4 is 28.9 Å². The molecule has 2 aromatic rings. The highest BCUT2D eigenvalue weighted by molar-refractivity contribution is 6.31. The molecule has 0 bridgehead atoms. The molecule has 0 fully saturated rings. The van der Waals surface area contributed by atoms with Crippen LogP contribution in [-0.2, 0) is 11.3 Å². The molecule has 0 aliphatic carbocycles. The van der Waals surface area contributed by atoms with Gasteiger partial charge in [-0.15, -0.1) is 0 Å². The van der Waals surface area contributed by atoms with E-state index < -0.39 is 0 Å². The first-order valence-corrected chi connectivity index (χ1v) is 7.20. The van der Waals surface area contributed by atoms with Crippen LogP contribution >= 0.6 is 11.6 Å². The Kier molecular flexibility index (Phi) is 4.86. The van der Waals surface area contributed by atoms with E-state index in [9.17, 15) is 4.79 Å². The van der Waals surface area contributed by atoms with E-state index in [2.05, 4.69) is 16.7 Å². The van der Waals surface area contributed by atoms with Crippen molar-refractivity contribution in [3.63, 3.8) is 0 Å². The Morgan fingerprint density at radius 3 is 2.48 bits per heavy atom. The SMILES string of the molecule is CC(=O)Nc1cc(NCc2ccc(C)c(Cl)c2)ccc1C. The van der Waals surface area contributed by atoms with Crippen LogP contribution in [0, 0.1) is 13.8 Å². The molecule has 3 nitrogen and oxygen atoms in total. The number of rotatable bonds is 4. The third-order valence-electron chi connectivity index (χ3n) is 3.28. The zero-order valence-corrected chi connectivity index (χ0v) is 13.2. The number of hydrogen-bond acceptors (Lipinski definition) is 2. The molecule has 0 spiro atoms. The molecular weight excluding hydrogens is 284 g/mol. The smallest absolute Gasteiger partial charge is 0.221 e. The van der Waals surface area contributed by atoms with Gasteiger partial charge in [0.2, 0.25) is 5.91 Å². The fourth-order valence-corrected chi connectivity index (χ4v) is 2.21. The third-order valence-corrected chi connectivity index (χ3v) is 3.69. The van der Waals surface area contributed by atoms with Crippen molar-refractivity contribution in [2.24, 2.45) is 0 Å². The van der Waals surface area contributed by atoms with Gasteiger partial charge in [-0.05, 0) is 48.7 Å². The minimum absolute atomic E-state index is 0.0689. The summed E-state index contributed by atoms with van der Waals surface area (Å²) in [7, 11) is 0. The molecule has 0 aliphatic heterocycles. The fraction of sp³-hybridized carbons (Fsp3) is 0.235. The van der Waals surface area contributed by atoms with Crippen LogP contribution in [0.1, 0.15) is 23.6 Å². The molecule has 0 unspecified atom stereocenters. The van der Waals surface area contributed by atoms with Crippen molar-refractivity contribution in [3.8, 4) is 0 Å². The van der Waals surface area contributed by atoms with Crippen LogP contribution in [0.3, 0.4) is 0 Å². The lowest BCUT2D eigenvalue weighted by Gasteiger charge is -2.12. The van der Waals surface area contributed by atoms with Crippen molar-refractivity contribution < 1.29 is 4.79 Å². The second-order valence-corrected chi connectivity index (χ2v) is 5.56. The highest BCUT2D eigenvalue weighted by atomic mass is 35.5. The van der Waals surface area contributed by atoms with E-state index in [0.29, 0.717) is 6.54 Å². The maximum absolute atomic E-state index is 11.2. The van der Waals surface area contributed by atoms with Crippen molar-refractivity contribution in [1.82, 2.24) is 0 Å². The minimum atomic E-state index is -0.0689. The molecule has 0 radical (unpaired) electrons. The van der Waals surface area contributed by atoms with Crippen LogP contribution in [0.5, 0.6) is 0 Å². The van der Waals surface area contributed by atoms with Gasteiger partial charge < -0.3 is 10.6 Å². The van der Waals surface area contributed by atoms with Gasteiger partial charge in [-0.25, -0.2) is 0 Å². The Morgan fingerprint density at radius 2 is 1.81 bits per heavy atom. The van der Waals surface area contributed by atoms with Crippen LogP contribution in [0.25, 0.3) is 0 Å². The Hall–Kier alpha value is -2.00. The molecule has 4 heteroatoms. The maximum atomic E-state index is 11.2. The summed E-state index contributed by atoms with van der Waals surface area (Å²) >= 11 is 6.12. The lowest BCUT2D eigenvalue weighted by molar-refractivity contribution is -0.114. The summed E-state index contributed by atoms with van der Waals surface area (Å²) in [6.45, 7) is 6.14. The number of benzene rings is 2. The number of anilines is 2. The third kappa shape index (κ3) is 4.23. The molecule has 0 saturated heterocycles. The van der Waals surface area contributed by atoms with Gasteiger partial charge in [-0.1, -0.05) is 29.8 Å². The van der Waals surface area contributed by atoms with Gasteiger partial charge in [-0.3, -0.25) is 4.79 Å². The molecule has 2 N–H and O–H groups in total. The maximum Gasteiger partial charge on any atom is 0.221 e. The summed E-state index contributed by atoms with van der Waals surface area (Å²) in [5, 5.41) is 6.94. The van der Waals surface area contributed by atoms with Gasteiger partial charge in [0.15, 0.2) is 0 Å². The van der Waals surface area contributed by atoms with E-state index in [-0.39, 0.29) is 5.91 Å². The molecule has 21 heavy (non-hydrogen) atoms. The quantitative estimate of drug-likeness (QED) is 0.871. The van der Waals surface area contributed by atoms with Crippen molar-refractivity contribution in [2.45, 2.75) is 27.3 Å². The monoisotopic (exact) mass is 302 g/mol. The van der Waals surface area contributed by atoms with Crippen molar-refractivity contribution in [3.05, 3.63) is 58.1 Å². The van der Waals surface area contributed by atoms with E-state index in [1.165, 1.54) is 6.92 Å². The summed E-state index contributed by atoms with van der Waals surface area (Å²) < 4.78 is 0. The van der Waals surface area contributed by atoms with Crippen molar-refractivity contribution in [2.75, 3.05) is 10.6 Å². The standard InChI is InChI=1S/C17H19ClN2O/c1-11-4-6-14(8-16(11)18)10-19-15-7-5-12(2)17(9-15)20-13(3)21/h4-9,19H,10H2,1-3H3,(H,20,21). The average Bonchev–Trinajstić information content (AvgIpc) is 2.43. The second kappa shape index (κ2) is 6.64. The Labute approximate surface area is 130 Å².